The Morgan fingerprint density at radius 2 is 1.46 bits per heavy atom. The van der Waals surface area contributed by atoms with Crippen LogP contribution in [0.1, 0.15) is 42.9 Å². The number of aliphatic carboxylic acids is 1. The molecule has 0 radical (unpaired) electrons. The number of amides is 2. The molecule has 2 amide bonds. The molecule has 2 aromatic carbocycles. The zero-order chi connectivity index (χ0) is 20.1. The van der Waals surface area contributed by atoms with E-state index in [1.165, 1.54) is 4.90 Å². The number of hydrogen-bond acceptors (Lipinski definition) is 3. The molecule has 28 heavy (non-hydrogen) atoms. The van der Waals surface area contributed by atoms with Gasteiger partial charge in [0.1, 0.15) is 0 Å². The third-order valence-corrected chi connectivity index (χ3v) is 4.84. The van der Waals surface area contributed by atoms with Gasteiger partial charge in [0.25, 0.3) is 11.8 Å². The van der Waals surface area contributed by atoms with Crippen molar-refractivity contribution in [3.63, 3.8) is 0 Å². The summed E-state index contributed by atoms with van der Waals surface area (Å²) in [4.78, 5) is 38.2. The molecule has 0 saturated carbocycles. The van der Waals surface area contributed by atoms with Gasteiger partial charge in [0, 0.05) is 13.0 Å². The topological polar surface area (TPSA) is 74.7 Å². The fourth-order valence-corrected chi connectivity index (χ4v) is 3.33. The van der Waals surface area contributed by atoms with Crippen LogP contribution in [0.15, 0.2) is 54.6 Å². The highest BCUT2D eigenvalue weighted by atomic mass is 16.4. The molecule has 0 aliphatic carbocycles. The minimum atomic E-state index is -0.846. The lowest BCUT2D eigenvalue weighted by atomic mass is 9.95. The summed E-state index contributed by atoms with van der Waals surface area (Å²) in [6, 6.07) is 16.5. The van der Waals surface area contributed by atoms with Crippen LogP contribution in [0.25, 0.3) is 11.1 Å². The van der Waals surface area contributed by atoms with Crippen LogP contribution in [0, 0.1) is 0 Å². The van der Waals surface area contributed by atoms with E-state index in [0.29, 0.717) is 29.7 Å². The third-order valence-electron chi connectivity index (χ3n) is 4.84. The second kappa shape index (κ2) is 8.65. The fraction of sp³-hybridized carbons (Fsp3) is 0.261. The molecule has 0 atom stereocenters. The number of aryl methyl sites for hydroxylation is 1. The SMILES string of the molecule is CCCCN1C(=O)C(c2ccccc2)=C(c2ccc(CCC(=O)O)cc2)C1=O. The maximum Gasteiger partial charge on any atom is 0.303 e. The van der Waals surface area contributed by atoms with Crippen molar-refractivity contribution < 1.29 is 19.5 Å². The molecule has 0 spiro atoms. The molecule has 3 rings (SSSR count). The first-order valence-electron chi connectivity index (χ1n) is 9.50. The maximum absolute atomic E-state index is 13.1. The van der Waals surface area contributed by atoms with Gasteiger partial charge in [-0.15, -0.1) is 0 Å². The van der Waals surface area contributed by atoms with Crippen molar-refractivity contribution in [2.24, 2.45) is 0 Å². The van der Waals surface area contributed by atoms with Crippen LogP contribution < -0.4 is 0 Å². The smallest absolute Gasteiger partial charge is 0.303 e. The predicted molar refractivity (Wildman–Crippen MR) is 107 cm³/mol. The number of carbonyl (C=O) groups is 3. The second-order valence-corrected chi connectivity index (χ2v) is 6.82. The number of rotatable bonds is 8. The molecule has 1 N–H and O–H groups in total. The largest absolute Gasteiger partial charge is 0.481 e. The molecule has 144 valence electrons. The van der Waals surface area contributed by atoms with Gasteiger partial charge < -0.3 is 5.11 Å². The number of carbonyl (C=O) groups excluding carboxylic acids is 2. The quantitative estimate of drug-likeness (QED) is 0.711. The van der Waals surface area contributed by atoms with Crippen molar-refractivity contribution in [2.75, 3.05) is 6.54 Å². The van der Waals surface area contributed by atoms with Crippen molar-refractivity contribution in [2.45, 2.75) is 32.6 Å². The minimum Gasteiger partial charge on any atom is -0.481 e. The number of imide groups is 1. The highest BCUT2D eigenvalue weighted by Gasteiger charge is 2.38. The molecule has 0 unspecified atom stereocenters. The number of unbranched alkanes of at least 4 members (excludes halogenated alkanes) is 1. The summed E-state index contributed by atoms with van der Waals surface area (Å²) in [5.41, 5.74) is 3.13. The summed E-state index contributed by atoms with van der Waals surface area (Å²) in [6.07, 6.45) is 2.14. The summed E-state index contributed by atoms with van der Waals surface area (Å²) in [5.74, 6) is -1.37. The van der Waals surface area contributed by atoms with Gasteiger partial charge in [0.15, 0.2) is 0 Å². The number of carboxylic acids is 1. The van der Waals surface area contributed by atoms with Crippen molar-refractivity contribution in [3.8, 4) is 0 Å². The normalized spacial score (nSPS) is 14.1. The Morgan fingerprint density at radius 1 is 0.893 bits per heavy atom. The molecule has 5 heteroatoms. The first-order valence-corrected chi connectivity index (χ1v) is 9.50. The summed E-state index contributed by atoms with van der Waals surface area (Å²) < 4.78 is 0. The van der Waals surface area contributed by atoms with E-state index in [1.807, 2.05) is 49.4 Å². The predicted octanol–water partition coefficient (Wildman–Crippen LogP) is 3.78. The Labute approximate surface area is 164 Å². The average Bonchev–Trinajstić information content (AvgIpc) is 2.95. The standard InChI is InChI=1S/C23H23NO4/c1-2-3-15-24-22(27)20(17-7-5-4-6-8-17)21(23(24)28)18-12-9-16(10-13-18)11-14-19(25)26/h4-10,12-13H,2-3,11,14-15H2,1H3,(H,25,26). The highest BCUT2D eigenvalue weighted by Crippen LogP contribution is 2.35. The fourth-order valence-electron chi connectivity index (χ4n) is 3.33. The van der Waals surface area contributed by atoms with Crippen LogP contribution in [0.4, 0.5) is 0 Å². The first-order chi connectivity index (χ1) is 13.5. The lowest BCUT2D eigenvalue weighted by Gasteiger charge is -2.14. The first kappa shape index (κ1) is 19.5. The van der Waals surface area contributed by atoms with Crippen LogP contribution >= 0.6 is 0 Å². The molecule has 0 saturated heterocycles. The number of benzene rings is 2. The van der Waals surface area contributed by atoms with Gasteiger partial charge >= 0.3 is 5.97 Å². The van der Waals surface area contributed by atoms with E-state index in [9.17, 15) is 14.4 Å². The van der Waals surface area contributed by atoms with Crippen molar-refractivity contribution in [1.82, 2.24) is 4.90 Å². The zero-order valence-electron chi connectivity index (χ0n) is 15.9. The van der Waals surface area contributed by atoms with Crippen LogP contribution in [0.2, 0.25) is 0 Å². The van der Waals surface area contributed by atoms with E-state index in [1.54, 1.807) is 12.1 Å². The molecule has 2 aromatic rings. The number of nitrogens with zero attached hydrogens (tertiary/aromatic N) is 1. The van der Waals surface area contributed by atoms with Crippen LogP contribution in [-0.2, 0) is 20.8 Å². The van der Waals surface area contributed by atoms with E-state index in [4.69, 9.17) is 5.11 Å². The van der Waals surface area contributed by atoms with Crippen molar-refractivity contribution in [3.05, 3.63) is 71.3 Å². The Kier molecular flexibility index (Phi) is 6.04. The van der Waals surface area contributed by atoms with Gasteiger partial charge in [-0.3, -0.25) is 19.3 Å². The molecular weight excluding hydrogens is 354 g/mol. The van der Waals surface area contributed by atoms with Crippen LogP contribution in [0.3, 0.4) is 0 Å². The second-order valence-electron chi connectivity index (χ2n) is 6.82. The van der Waals surface area contributed by atoms with Gasteiger partial charge in [-0.1, -0.05) is 67.9 Å². The third kappa shape index (κ3) is 4.03. The van der Waals surface area contributed by atoms with Gasteiger partial charge in [-0.05, 0) is 29.5 Å². The maximum atomic E-state index is 13.1. The molecule has 0 fully saturated rings. The molecule has 5 nitrogen and oxygen atoms in total. The van der Waals surface area contributed by atoms with Gasteiger partial charge in [0.2, 0.25) is 0 Å². The zero-order valence-corrected chi connectivity index (χ0v) is 15.9. The van der Waals surface area contributed by atoms with E-state index >= 15 is 0 Å². The molecule has 1 heterocycles. The number of carboxylic acid groups (broad SMARTS) is 1. The van der Waals surface area contributed by atoms with Crippen molar-refractivity contribution in [1.29, 1.82) is 0 Å². The van der Waals surface area contributed by atoms with Gasteiger partial charge in [-0.2, -0.15) is 0 Å². The molecule has 1 aliphatic rings. The van der Waals surface area contributed by atoms with Crippen LogP contribution in [-0.4, -0.2) is 34.3 Å². The van der Waals surface area contributed by atoms with Crippen LogP contribution in [0.5, 0.6) is 0 Å². The summed E-state index contributed by atoms with van der Waals surface area (Å²) in [5, 5.41) is 8.83. The Morgan fingerprint density at radius 3 is 2.00 bits per heavy atom. The Balaban J connectivity index is 2.00. The summed E-state index contributed by atoms with van der Waals surface area (Å²) >= 11 is 0. The summed E-state index contributed by atoms with van der Waals surface area (Å²) in [7, 11) is 0. The van der Waals surface area contributed by atoms with E-state index in [0.717, 1.165) is 24.0 Å². The monoisotopic (exact) mass is 377 g/mol. The van der Waals surface area contributed by atoms with Gasteiger partial charge in [-0.25, -0.2) is 0 Å². The Bertz CT molecular complexity index is 913. The number of hydrogen-bond donors (Lipinski definition) is 1. The molecule has 0 aromatic heterocycles. The molecular formula is C23H23NO4. The highest BCUT2D eigenvalue weighted by molar-refractivity contribution is 6.48. The average molecular weight is 377 g/mol. The van der Waals surface area contributed by atoms with E-state index in [-0.39, 0.29) is 18.2 Å². The van der Waals surface area contributed by atoms with E-state index < -0.39 is 5.97 Å². The lowest BCUT2D eigenvalue weighted by Crippen LogP contribution is -2.32. The lowest BCUT2D eigenvalue weighted by molar-refractivity contribution is -0.137. The molecule has 0 bridgehead atoms. The van der Waals surface area contributed by atoms with Gasteiger partial charge in [0.05, 0.1) is 11.1 Å². The minimum absolute atomic E-state index is 0.0551. The summed E-state index contributed by atoms with van der Waals surface area (Å²) in [6.45, 7) is 2.43. The van der Waals surface area contributed by atoms with Crippen molar-refractivity contribution >= 4 is 28.9 Å². The Hall–Kier alpha value is -3.21. The van der Waals surface area contributed by atoms with E-state index in [2.05, 4.69) is 0 Å². The molecule has 1 aliphatic heterocycles.